The number of carboxylic acid groups (broad SMARTS) is 1. The van der Waals surface area contributed by atoms with Gasteiger partial charge in [0.05, 0.1) is 18.4 Å². The van der Waals surface area contributed by atoms with Crippen LogP contribution >= 0.6 is 0 Å². The van der Waals surface area contributed by atoms with Gasteiger partial charge in [-0.2, -0.15) is 10.2 Å². The third-order valence-corrected chi connectivity index (χ3v) is 3.03. The highest BCUT2D eigenvalue weighted by molar-refractivity contribution is 6.14. The van der Waals surface area contributed by atoms with E-state index in [1.165, 1.54) is 12.1 Å². The van der Waals surface area contributed by atoms with Crippen molar-refractivity contribution in [2.45, 2.75) is 12.8 Å². The molecule has 1 aliphatic rings. The summed E-state index contributed by atoms with van der Waals surface area (Å²) < 4.78 is -1.68. The first-order chi connectivity index (χ1) is 9.42. The van der Waals surface area contributed by atoms with Gasteiger partial charge >= 0.3 is 17.8 Å². The highest BCUT2D eigenvalue weighted by Gasteiger charge is 2.53. The van der Waals surface area contributed by atoms with E-state index in [0.29, 0.717) is 0 Å². The summed E-state index contributed by atoms with van der Waals surface area (Å²) in [7, 11) is 0. The fourth-order valence-corrected chi connectivity index (χ4v) is 2.07. The molecule has 20 heavy (non-hydrogen) atoms. The lowest BCUT2D eigenvalue weighted by atomic mass is 10.1. The Bertz CT molecular complexity index is 659. The number of nitrogens with zero attached hydrogens (tertiary/aromatic N) is 2. The number of carbonyl (C=O) groups is 3. The number of para-hydroxylation sites is 1. The molecule has 1 aromatic carbocycles. The maximum absolute atomic E-state index is 11.8. The standard InChI is InChI=1S/C12H8N2O6/c15-6-13-11-7(12(18)19)2-1-3-8(11)14(20)9(16)4-5-10(14)17/h1-3,20H,4-5H2/p+1. The molecule has 0 atom stereocenters. The van der Waals surface area contributed by atoms with E-state index in [1.807, 2.05) is 0 Å². The number of aliphatic imine (C=N–C) groups is 1. The molecule has 1 aromatic rings. The van der Waals surface area contributed by atoms with Crippen molar-refractivity contribution in [1.82, 2.24) is 4.65 Å². The summed E-state index contributed by atoms with van der Waals surface area (Å²) in [6.07, 6.45) is 0.818. The number of hydrogen-bond acceptors (Lipinski definition) is 6. The van der Waals surface area contributed by atoms with Crippen LogP contribution in [0.25, 0.3) is 0 Å². The average molecular weight is 277 g/mol. The Hall–Kier alpha value is -2.67. The van der Waals surface area contributed by atoms with Gasteiger partial charge in [-0.25, -0.2) is 19.2 Å². The molecule has 2 rings (SSSR count). The molecule has 0 spiro atoms. The van der Waals surface area contributed by atoms with Gasteiger partial charge in [-0.15, -0.1) is 0 Å². The average Bonchev–Trinajstić information content (AvgIpc) is 2.67. The molecule has 1 aliphatic heterocycles. The Morgan fingerprint density at radius 2 is 1.85 bits per heavy atom. The number of rotatable bonds is 3. The topological polar surface area (TPSA) is 121 Å². The van der Waals surface area contributed by atoms with Gasteiger partial charge in [-0.3, -0.25) is 0 Å². The summed E-state index contributed by atoms with van der Waals surface area (Å²) in [5, 5.41) is 19.3. The lowest BCUT2D eigenvalue weighted by Crippen LogP contribution is -2.50. The molecule has 1 fully saturated rings. The lowest BCUT2D eigenvalue weighted by molar-refractivity contribution is -0.168. The van der Waals surface area contributed by atoms with E-state index >= 15 is 0 Å². The summed E-state index contributed by atoms with van der Waals surface area (Å²) in [5.41, 5.74) is -1.23. The molecule has 2 amide bonds. The van der Waals surface area contributed by atoms with Crippen LogP contribution in [-0.2, 0) is 14.4 Å². The Balaban J connectivity index is 2.78. The van der Waals surface area contributed by atoms with Crippen LogP contribution in [0, 0.1) is 0 Å². The number of aromatic carboxylic acids is 1. The zero-order chi connectivity index (χ0) is 14.9. The highest BCUT2D eigenvalue weighted by atomic mass is 16.6. The van der Waals surface area contributed by atoms with Gasteiger partial charge in [0, 0.05) is 6.07 Å². The number of carbonyl (C=O) groups excluding carboxylic acids is 3. The Labute approximate surface area is 112 Å². The SMILES string of the molecule is O=C=Nc1c(C(=O)O)cccc1[N+]1(O)C(=O)CCC1=O. The van der Waals surface area contributed by atoms with E-state index in [9.17, 15) is 24.4 Å². The number of isocyanates is 1. The molecule has 0 aromatic heterocycles. The third-order valence-electron chi connectivity index (χ3n) is 3.03. The van der Waals surface area contributed by atoms with Crippen LogP contribution in [0.4, 0.5) is 11.4 Å². The van der Waals surface area contributed by atoms with E-state index in [-0.39, 0.29) is 18.5 Å². The van der Waals surface area contributed by atoms with Gasteiger partial charge < -0.3 is 5.11 Å². The van der Waals surface area contributed by atoms with Crippen LogP contribution in [-0.4, -0.2) is 34.2 Å². The molecule has 1 saturated heterocycles. The van der Waals surface area contributed by atoms with Gasteiger partial charge in [0.25, 0.3) is 0 Å². The van der Waals surface area contributed by atoms with Crippen molar-refractivity contribution in [2.75, 3.05) is 0 Å². The molecular formula is C12H9N2O6+. The van der Waals surface area contributed by atoms with Crippen molar-refractivity contribution in [3.8, 4) is 0 Å². The van der Waals surface area contributed by atoms with Gasteiger partial charge in [0.2, 0.25) is 11.8 Å². The number of imide groups is 1. The Morgan fingerprint density at radius 1 is 1.25 bits per heavy atom. The fourth-order valence-electron chi connectivity index (χ4n) is 2.07. The summed E-state index contributed by atoms with van der Waals surface area (Å²) in [5.74, 6) is -3.02. The summed E-state index contributed by atoms with van der Waals surface area (Å²) in [4.78, 5) is 48.3. The van der Waals surface area contributed by atoms with Crippen molar-refractivity contribution in [3.05, 3.63) is 23.8 Å². The van der Waals surface area contributed by atoms with Crippen LogP contribution in [0.3, 0.4) is 0 Å². The van der Waals surface area contributed by atoms with Crippen molar-refractivity contribution >= 4 is 35.2 Å². The molecule has 2 N–H and O–H groups in total. The molecule has 0 saturated carbocycles. The van der Waals surface area contributed by atoms with E-state index in [2.05, 4.69) is 4.99 Å². The first-order valence-corrected chi connectivity index (χ1v) is 5.56. The molecule has 0 unspecified atom stereocenters. The third kappa shape index (κ3) is 1.84. The molecular weight excluding hydrogens is 268 g/mol. The molecule has 1 heterocycles. The maximum atomic E-state index is 11.8. The van der Waals surface area contributed by atoms with Gasteiger partial charge in [-0.1, -0.05) is 6.07 Å². The van der Waals surface area contributed by atoms with Crippen LogP contribution in [0.15, 0.2) is 23.2 Å². The lowest BCUT2D eigenvalue weighted by Gasteiger charge is -2.20. The number of hydrogen-bond donors (Lipinski definition) is 2. The van der Waals surface area contributed by atoms with E-state index in [4.69, 9.17) is 5.11 Å². The smallest absolute Gasteiger partial charge is 0.359 e. The minimum absolute atomic E-state index is 0.170. The number of amides is 2. The molecule has 102 valence electrons. The Morgan fingerprint density at radius 3 is 2.35 bits per heavy atom. The maximum Gasteiger partial charge on any atom is 0.359 e. The van der Waals surface area contributed by atoms with Crippen molar-refractivity contribution in [1.29, 1.82) is 0 Å². The molecule has 0 aliphatic carbocycles. The zero-order valence-electron chi connectivity index (χ0n) is 10.1. The molecule has 0 radical (unpaired) electrons. The Kier molecular flexibility index (Phi) is 3.29. The van der Waals surface area contributed by atoms with Gasteiger partial charge in [0.15, 0.2) is 5.69 Å². The predicted molar refractivity (Wildman–Crippen MR) is 64.0 cm³/mol. The second kappa shape index (κ2) is 4.78. The minimum atomic E-state index is -1.68. The first kappa shape index (κ1) is 13.8. The van der Waals surface area contributed by atoms with Crippen LogP contribution < -0.4 is 4.65 Å². The second-order valence-corrected chi connectivity index (χ2v) is 4.10. The summed E-state index contributed by atoms with van der Waals surface area (Å²) in [6.45, 7) is 0. The van der Waals surface area contributed by atoms with E-state index < -0.39 is 33.7 Å². The monoisotopic (exact) mass is 277 g/mol. The molecule has 8 nitrogen and oxygen atoms in total. The first-order valence-electron chi connectivity index (χ1n) is 5.56. The fraction of sp³-hybridized carbons (Fsp3) is 0.167. The van der Waals surface area contributed by atoms with Gasteiger partial charge in [-0.05, 0) is 10.7 Å². The van der Waals surface area contributed by atoms with Crippen molar-refractivity contribution in [2.24, 2.45) is 4.99 Å². The van der Waals surface area contributed by atoms with E-state index in [1.54, 1.807) is 0 Å². The molecule has 8 heteroatoms. The predicted octanol–water partition coefficient (Wildman–Crippen LogP) is 0.896. The number of benzene rings is 1. The second-order valence-electron chi connectivity index (χ2n) is 4.10. The minimum Gasteiger partial charge on any atom is -0.478 e. The number of carboxylic acids is 1. The summed E-state index contributed by atoms with van der Waals surface area (Å²) in [6, 6.07) is 3.56. The highest BCUT2D eigenvalue weighted by Crippen LogP contribution is 2.39. The quantitative estimate of drug-likeness (QED) is 0.278. The van der Waals surface area contributed by atoms with Crippen LogP contribution in [0.5, 0.6) is 0 Å². The van der Waals surface area contributed by atoms with E-state index in [0.717, 1.165) is 12.1 Å². The summed E-state index contributed by atoms with van der Waals surface area (Å²) >= 11 is 0. The van der Waals surface area contributed by atoms with Crippen LogP contribution in [0.2, 0.25) is 0 Å². The van der Waals surface area contributed by atoms with Crippen molar-refractivity contribution < 1.29 is 29.5 Å². The number of quaternary nitrogens is 1. The normalized spacial score (nSPS) is 16.9. The largest absolute Gasteiger partial charge is 0.478 e. The molecule has 0 bridgehead atoms. The number of hydroxylamine groups is 2. The zero-order valence-corrected chi connectivity index (χ0v) is 10.1. The van der Waals surface area contributed by atoms with Crippen molar-refractivity contribution in [3.63, 3.8) is 0 Å². The van der Waals surface area contributed by atoms with Gasteiger partial charge in [0.1, 0.15) is 0 Å². The van der Waals surface area contributed by atoms with Crippen LogP contribution in [0.1, 0.15) is 23.2 Å².